The number of piperidine rings is 1. The maximum atomic E-state index is 13.2. The van der Waals surface area contributed by atoms with Crippen LogP contribution in [0.3, 0.4) is 0 Å². The van der Waals surface area contributed by atoms with Gasteiger partial charge in [0.25, 0.3) is 11.5 Å². The van der Waals surface area contributed by atoms with E-state index in [9.17, 15) is 24.3 Å². The first-order valence-electron chi connectivity index (χ1n) is 9.72. The highest BCUT2D eigenvalue weighted by atomic mass is 16.4. The highest BCUT2D eigenvalue weighted by Crippen LogP contribution is 2.28. The van der Waals surface area contributed by atoms with Crippen LogP contribution in [0.4, 0.5) is 0 Å². The van der Waals surface area contributed by atoms with Crippen LogP contribution < -0.4 is 21.9 Å². The Kier molecular flexibility index (Phi) is 6.18. The average molecular weight is 394 g/mol. The van der Waals surface area contributed by atoms with Crippen LogP contribution in [0, 0.1) is 0 Å². The molecule has 4 N–H and O–H groups in total. The van der Waals surface area contributed by atoms with Crippen LogP contribution in [0.15, 0.2) is 9.59 Å². The number of carboxylic acid groups (broad SMARTS) is 1. The second kappa shape index (κ2) is 8.59. The highest BCUT2D eigenvalue weighted by Gasteiger charge is 2.31. The summed E-state index contributed by atoms with van der Waals surface area (Å²) >= 11 is 0. The summed E-state index contributed by atoms with van der Waals surface area (Å²) in [6, 6.07) is -0.663. The molecule has 28 heavy (non-hydrogen) atoms. The molecule has 2 heterocycles. The van der Waals surface area contributed by atoms with Gasteiger partial charge >= 0.3 is 11.7 Å². The zero-order chi connectivity index (χ0) is 20.3. The molecule has 154 valence electrons. The second-order valence-electron chi connectivity index (χ2n) is 7.38. The number of carbonyl (C=O) groups is 2. The SMILES string of the molecule is O=C(O)CNC(=O)c1c(O)n(C2CCNCC2)c(=O)n(C2CCCCC2)c1=O. The summed E-state index contributed by atoms with van der Waals surface area (Å²) in [4.78, 5) is 49.4. The van der Waals surface area contributed by atoms with Gasteiger partial charge in [0.1, 0.15) is 6.54 Å². The normalized spacial score (nSPS) is 18.7. The molecule has 10 heteroatoms. The lowest BCUT2D eigenvalue weighted by atomic mass is 9.95. The van der Waals surface area contributed by atoms with Gasteiger partial charge in [-0.2, -0.15) is 0 Å². The Balaban J connectivity index is 2.14. The zero-order valence-corrected chi connectivity index (χ0v) is 15.6. The Bertz CT molecular complexity index is 862. The second-order valence-corrected chi connectivity index (χ2v) is 7.38. The molecule has 10 nitrogen and oxygen atoms in total. The van der Waals surface area contributed by atoms with E-state index in [0.29, 0.717) is 38.8 Å². The van der Waals surface area contributed by atoms with Crippen molar-refractivity contribution < 1.29 is 19.8 Å². The molecule has 0 radical (unpaired) electrons. The zero-order valence-electron chi connectivity index (χ0n) is 15.6. The minimum absolute atomic E-state index is 0.326. The van der Waals surface area contributed by atoms with Gasteiger partial charge in [-0.05, 0) is 38.8 Å². The van der Waals surface area contributed by atoms with E-state index >= 15 is 0 Å². The molecular formula is C18H26N4O6. The van der Waals surface area contributed by atoms with Crippen LogP contribution in [0.1, 0.15) is 67.4 Å². The smallest absolute Gasteiger partial charge is 0.334 e. The van der Waals surface area contributed by atoms with Crippen LogP contribution >= 0.6 is 0 Å². The molecule has 1 saturated heterocycles. The lowest BCUT2D eigenvalue weighted by Crippen LogP contribution is -2.48. The van der Waals surface area contributed by atoms with Crippen molar-refractivity contribution in [3.05, 3.63) is 26.4 Å². The summed E-state index contributed by atoms with van der Waals surface area (Å²) in [6.07, 6.45) is 5.25. The number of aromatic nitrogens is 2. The van der Waals surface area contributed by atoms with Gasteiger partial charge in [-0.3, -0.25) is 23.5 Å². The van der Waals surface area contributed by atoms with E-state index in [1.807, 2.05) is 0 Å². The third-order valence-electron chi connectivity index (χ3n) is 5.54. The first-order chi connectivity index (χ1) is 13.4. The number of carboxylic acids is 1. The van der Waals surface area contributed by atoms with Crippen molar-refractivity contribution in [1.82, 2.24) is 19.8 Å². The molecule has 1 aromatic rings. The summed E-state index contributed by atoms with van der Waals surface area (Å²) in [5.41, 5.74) is -2.02. The fraction of sp³-hybridized carbons (Fsp3) is 0.667. The molecule has 0 bridgehead atoms. The third kappa shape index (κ3) is 3.96. The van der Waals surface area contributed by atoms with Gasteiger partial charge in [0.05, 0.1) is 0 Å². The van der Waals surface area contributed by atoms with E-state index in [-0.39, 0.29) is 12.1 Å². The molecule has 0 atom stereocenters. The molecular weight excluding hydrogens is 368 g/mol. The van der Waals surface area contributed by atoms with Crippen molar-refractivity contribution in [2.24, 2.45) is 0 Å². The Morgan fingerprint density at radius 1 is 1.00 bits per heavy atom. The molecule has 1 aliphatic heterocycles. The highest BCUT2D eigenvalue weighted by molar-refractivity contribution is 5.97. The van der Waals surface area contributed by atoms with Crippen molar-refractivity contribution in [3.8, 4) is 5.88 Å². The molecule has 0 aromatic carbocycles. The number of hydrogen-bond acceptors (Lipinski definition) is 6. The lowest BCUT2D eigenvalue weighted by Gasteiger charge is -2.29. The molecule has 2 aliphatic rings. The van der Waals surface area contributed by atoms with E-state index in [1.165, 1.54) is 0 Å². The summed E-state index contributed by atoms with van der Waals surface area (Å²) in [5.74, 6) is -2.94. The van der Waals surface area contributed by atoms with Gasteiger partial charge in [-0.25, -0.2) is 4.79 Å². The first-order valence-corrected chi connectivity index (χ1v) is 9.72. The number of nitrogens with one attached hydrogen (secondary N) is 2. The molecule has 1 saturated carbocycles. The Morgan fingerprint density at radius 2 is 1.61 bits per heavy atom. The van der Waals surface area contributed by atoms with Gasteiger partial charge in [-0.1, -0.05) is 19.3 Å². The van der Waals surface area contributed by atoms with Crippen molar-refractivity contribution in [2.75, 3.05) is 19.6 Å². The Morgan fingerprint density at radius 3 is 2.21 bits per heavy atom. The van der Waals surface area contributed by atoms with Gasteiger partial charge in [0, 0.05) is 12.1 Å². The van der Waals surface area contributed by atoms with Gasteiger partial charge in [0.2, 0.25) is 5.88 Å². The number of aliphatic carboxylic acids is 1. The maximum absolute atomic E-state index is 13.2. The molecule has 1 amide bonds. The third-order valence-corrected chi connectivity index (χ3v) is 5.54. The summed E-state index contributed by atoms with van der Waals surface area (Å²) in [7, 11) is 0. The van der Waals surface area contributed by atoms with Crippen LogP contribution in [0.5, 0.6) is 5.88 Å². The number of nitrogens with zero attached hydrogens (tertiary/aromatic N) is 2. The Hall–Kier alpha value is -2.62. The van der Waals surface area contributed by atoms with Crippen molar-refractivity contribution >= 4 is 11.9 Å². The largest absolute Gasteiger partial charge is 0.494 e. The summed E-state index contributed by atoms with van der Waals surface area (Å²) in [5, 5.41) is 24.8. The summed E-state index contributed by atoms with van der Waals surface area (Å²) in [6.45, 7) is 0.618. The lowest BCUT2D eigenvalue weighted by molar-refractivity contribution is -0.135. The van der Waals surface area contributed by atoms with E-state index in [2.05, 4.69) is 10.6 Å². The predicted molar refractivity (Wildman–Crippen MR) is 99.9 cm³/mol. The molecule has 0 unspecified atom stereocenters. The first kappa shape index (κ1) is 20.1. The van der Waals surface area contributed by atoms with Crippen LogP contribution in [-0.2, 0) is 4.79 Å². The number of aromatic hydroxyl groups is 1. The van der Waals surface area contributed by atoms with Crippen LogP contribution in [-0.4, -0.2) is 50.9 Å². The van der Waals surface area contributed by atoms with Crippen molar-refractivity contribution in [2.45, 2.75) is 57.0 Å². The van der Waals surface area contributed by atoms with E-state index in [1.54, 1.807) is 0 Å². The molecule has 1 aromatic heterocycles. The molecule has 2 fully saturated rings. The topological polar surface area (TPSA) is 143 Å². The maximum Gasteiger partial charge on any atom is 0.334 e. The fourth-order valence-corrected chi connectivity index (χ4v) is 4.13. The number of hydrogen-bond donors (Lipinski definition) is 4. The van der Waals surface area contributed by atoms with Gasteiger partial charge in [-0.15, -0.1) is 0 Å². The molecule has 3 rings (SSSR count). The van der Waals surface area contributed by atoms with Crippen molar-refractivity contribution in [3.63, 3.8) is 0 Å². The predicted octanol–water partition coefficient (Wildman–Crippen LogP) is -0.0403. The van der Waals surface area contributed by atoms with E-state index in [4.69, 9.17) is 5.11 Å². The van der Waals surface area contributed by atoms with Crippen LogP contribution in [0.25, 0.3) is 0 Å². The number of amides is 1. The number of rotatable bonds is 5. The minimum Gasteiger partial charge on any atom is -0.494 e. The monoisotopic (exact) mass is 394 g/mol. The standard InChI is InChI=1S/C18H26N4O6/c23-13(24)10-20-15(25)14-16(26)21(11-4-2-1-3-5-11)18(28)22(17(14)27)12-6-8-19-9-7-12/h11-12,19,27H,1-10H2,(H,20,25)(H,23,24). The quantitative estimate of drug-likeness (QED) is 0.549. The Labute approximate surface area is 161 Å². The van der Waals surface area contributed by atoms with Gasteiger partial charge in [0.15, 0.2) is 5.56 Å². The van der Waals surface area contributed by atoms with Gasteiger partial charge < -0.3 is 20.8 Å². The van der Waals surface area contributed by atoms with E-state index in [0.717, 1.165) is 28.4 Å². The van der Waals surface area contributed by atoms with E-state index < -0.39 is 41.1 Å². The average Bonchev–Trinajstić information content (AvgIpc) is 2.68. The van der Waals surface area contributed by atoms with Crippen LogP contribution in [0.2, 0.25) is 0 Å². The fourth-order valence-electron chi connectivity index (χ4n) is 4.13. The molecule has 0 spiro atoms. The summed E-state index contributed by atoms with van der Waals surface area (Å²) < 4.78 is 2.24. The molecule has 1 aliphatic carbocycles. The minimum atomic E-state index is -1.27. The number of carbonyl (C=O) groups excluding carboxylic acids is 1. The van der Waals surface area contributed by atoms with Crippen molar-refractivity contribution in [1.29, 1.82) is 0 Å².